The second-order valence-electron chi connectivity index (χ2n) is 7.07. The number of nitrogens with zero attached hydrogens (tertiary/aromatic N) is 3. The zero-order valence-electron chi connectivity index (χ0n) is 17.5. The first kappa shape index (κ1) is 21.6. The van der Waals surface area contributed by atoms with E-state index in [-0.39, 0.29) is 11.7 Å². The molecule has 0 saturated carbocycles. The number of ether oxygens (including phenoxy) is 1. The van der Waals surface area contributed by atoms with Gasteiger partial charge < -0.3 is 10.1 Å². The summed E-state index contributed by atoms with van der Waals surface area (Å²) in [5.41, 5.74) is 4.09. The van der Waals surface area contributed by atoms with Gasteiger partial charge in [-0.05, 0) is 55.7 Å². The van der Waals surface area contributed by atoms with Gasteiger partial charge in [0.1, 0.15) is 12.4 Å². The Labute approximate surface area is 181 Å². The summed E-state index contributed by atoms with van der Waals surface area (Å²) >= 11 is 1.34. The molecule has 0 fully saturated rings. The normalized spacial score (nSPS) is 10.6. The van der Waals surface area contributed by atoms with E-state index in [1.54, 1.807) is 6.08 Å². The van der Waals surface area contributed by atoms with Crippen LogP contribution in [0.2, 0.25) is 0 Å². The van der Waals surface area contributed by atoms with Crippen LogP contribution in [-0.4, -0.2) is 26.4 Å². The van der Waals surface area contributed by atoms with Crippen LogP contribution in [-0.2, 0) is 17.9 Å². The molecule has 6 nitrogen and oxygen atoms in total. The van der Waals surface area contributed by atoms with E-state index in [1.165, 1.54) is 11.8 Å². The average molecular weight is 423 g/mol. The van der Waals surface area contributed by atoms with Crippen LogP contribution >= 0.6 is 11.8 Å². The summed E-state index contributed by atoms with van der Waals surface area (Å²) in [7, 11) is 0. The van der Waals surface area contributed by atoms with Crippen molar-refractivity contribution in [3.63, 3.8) is 0 Å². The maximum atomic E-state index is 12.4. The van der Waals surface area contributed by atoms with Crippen molar-refractivity contribution in [3.8, 4) is 5.75 Å². The number of anilines is 1. The molecule has 1 aromatic heterocycles. The van der Waals surface area contributed by atoms with Gasteiger partial charge in [0.05, 0.1) is 5.75 Å². The number of carbonyl (C=O) groups is 1. The number of amides is 1. The van der Waals surface area contributed by atoms with Gasteiger partial charge in [0, 0.05) is 12.2 Å². The quantitative estimate of drug-likeness (QED) is 0.400. The molecule has 0 atom stereocenters. The van der Waals surface area contributed by atoms with Crippen molar-refractivity contribution in [2.45, 2.75) is 39.1 Å². The number of hydrogen-bond acceptors (Lipinski definition) is 5. The first-order valence-electron chi connectivity index (χ1n) is 9.68. The number of para-hydroxylation sites is 1. The average Bonchev–Trinajstić information content (AvgIpc) is 3.07. The summed E-state index contributed by atoms with van der Waals surface area (Å²) in [6, 6.07) is 13.8. The second-order valence-corrected chi connectivity index (χ2v) is 8.01. The molecule has 3 aromatic rings. The zero-order valence-corrected chi connectivity index (χ0v) is 18.3. The third-order valence-corrected chi connectivity index (χ3v) is 5.36. The summed E-state index contributed by atoms with van der Waals surface area (Å²) in [5, 5.41) is 12.1. The maximum Gasteiger partial charge on any atom is 0.234 e. The molecule has 0 aliphatic rings. The van der Waals surface area contributed by atoms with Crippen LogP contribution in [0, 0.1) is 20.8 Å². The Morgan fingerprint density at radius 3 is 2.60 bits per heavy atom. The molecule has 1 heterocycles. The fourth-order valence-corrected chi connectivity index (χ4v) is 3.85. The standard InChI is InChI=1S/C23H26N4O2S/c1-5-10-27-21(14-29-20-9-7-6-8-18(20)4)25-26-23(27)30-15-22(28)24-19-12-16(2)11-17(3)13-19/h5-9,11-13H,1,10,14-15H2,2-4H3,(H,24,28). The highest BCUT2D eigenvalue weighted by Gasteiger charge is 2.14. The van der Waals surface area contributed by atoms with Crippen molar-refractivity contribution < 1.29 is 9.53 Å². The SMILES string of the molecule is C=CCn1c(COc2ccccc2C)nnc1SCC(=O)Nc1cc(C)cc(C)c1. The lowest BCUT2D eigenvalue weighted by Gasteiger charge is -2.11. The van der Waals surface area contributed by atoms with Crippen LogP contribution in [0.15, 0.2) is 60.3 Å². The largest absolute Gasteiger partial charge is 0.485 e. The number of hydrogen-bond donors (Lipinski definition) is 1. The smallest absolute Gasteiger partial charge is 0.234 e. The fraction of sp³-hybridized carbons (Fsp3) is 0.261. The number of allylic oxidation sites excluding steroid dienone is 1. The van der Waals surface area contributed by atoms with Crippen molar-refractivity contribution >= 4 is 23.4 Å². The van der Waals surface area contributed by atoms with E-state index in [0.29, 0.717) is 24.1 Å². The lowest BCUT2D eigenvalue weighted by Crippen LogP contribution is -2.15. The van der Waals surface area contributed by atoms with Crippen LogP contribution in [0.5, 0.6) is 5.75 Å². The van der Waals surface area contributed by atoms with E-state index in [9.17, 15) is 4.79 Å². The molecule has 0 radical (unpaired) electrons. The number of thioether (sulfide) groups is 1. The molecule has 0 spiro atoms. The summed E-state index contributed by atoms with van der Waals surface area (Å²) in [6.45, 7) is 10.7. The Morgan fingerprint density at radius 2 is 1.90 bits per heavy atom. The minimum atomic E-state index is -0.0872. The molecule has 2 aromatic carbocycles. The van der Waals surface area contributed by atoms with Crippen LogP contribution in [0.3, 0.4) is 0 Å². The Morgan fingerprint density at radius 1 is 1.17 bits per heavy atom. The highest BCUT2D eigenvalue weighted by atomic mass is 32.2. The van der Waals surface area contributed by atoms with E-state index in [2.05, 4.69) is 28.2 Å². The molecule has 7 heteroatoms. The lowest BCUT2D eigenvalue weighted by molar-refractivity contribution is -0.113. The maximum absolute atomic E-state index is 12.4. The number of aryl methyl sites for hydroxylation is 3. The molecule has 0 saturated heterocycles. The van der Waals surface area contributed by atoms with Crippen LogP contribution in [0.4, 0.5) is 5.69 Å². The molecule has 0 aliphatic carbocycles. The number of aromatic nitrogens is 3. The molecule has 0 bridgehead atoms. The number of rotatable bonds is 9. The molecule has 1 N–H and O–H groups in total. The van der Waals surface area contributed by atoms with Crippen molar-refractivity contribution in [2.75, 3.05) is 11.1 Å². The molecule has 1 amide bonds. The molecule has 0 unspecified atom stereocenters. The van der Waals surface area contributed by atoms with Crippen molar-refractivity contribution in [1.29, 1.82) is 0 Å². The highest BCUT2D eigenvalue weighted by molar-refractivity contribution is 7.99. The highest BCUT2D eigenvalue weighted by Crippen LogP contribution is 2.21. The third kappa shape index (κ3) is 5.73. The number of nitrogens with one attached hydrogen (secondary N) is 1. The van der Waals surface area contributed by atoms with Gasteiger partial charge in [0.15, 0.2) is 11.0 Å². The Bertz CT molecular complexity index is 1030. The van der Waals surface area contributed by atoms with Gasteiger partial charge in [-0.1, -0.05) is 42.1 Å². The predicted octanol–water partition coefficient (Wildman–Crippen LogP) is 4.70. The zero-order chi connectivity index (χ0) is 21.5. The van der Waals surface area contributed by atoms with Crippen LogP contribution in [0.1, 0.15) is 22.5 Å². The van der Waals surface area contributed by atoms with E-state index >= 15 is 0 Å². The van der Waals surface area contributed by atoms with Gasteiger partial charge in [-0.15, -0.1) is 16.8 Å². The lowest BCUT2D eigenvalue weighted by atomic mass is 10.1. The van der Waals surface area contributed by atoms with Gasteiger partial charge >= 0.3 is 0 Å². The Hall–Kier alpha value is -3.06. The van der Waals surface area contributed by atoms with Gasteiger partial charge in [-0.2, -0.15) is 0 Å². The minimum Gasteiger partial charge on any atom is -0.485 e. The first-order valence-corrected chi connectivity index (χ1v) is 10.7. The number of carbonyl (C=O) groups excluding carboxylic acids is 1. The molecular formula is C23H26N4O2S. The number of benzene rings is 2. The van der Waals surface area contributed by atoms with E-state index in [1.807, 2.05) is 61.7 Å². The summed E-state index contributed by atoms with van der Waals surface area (Å²) in [4.78, 5) is 12.4. The van der Waals surface area contributed by atoms with Crippen molar-refractivity contribution in [3.05, 3.63) is 77.6 Å². The van der Waals surface area contributed by atoms with Gasteiger partial charge in [0.2, 0.25) is 5.91 Å². The molecule has 156 valence electrons. The van der Waals surface area contributed by atoms with Gasteiger partial charge in [0.25, 0.3) is 0 Å². The summed E-state index contributed by atoms with van der Waals surface area (Å²) in [6.07, 6.45) is 1.78. The Balaban J connectivity index is 1.63. The van der Waals surface area contributed by atoms with E-state index in [0.717, 1.165) is 28.1 Å². The van der Waals surface area contributed by atoms with E-state index < -0.39 is 0 Å². The van der Waals surface area contributed by atoms with Gasteiger partial charge in [-0.3, -0.25) is 9.36 Å². The van der Waals surface area contributed by atoms with Gasteiger partial charge in [-0.25, -0.2) is 0 Å². The first-order chi connectivity index (χ1) is 14.5. The summed E-state index contributed by atoms with van der Waals surface area (Å²) in [5.74, 6) is 1.65. The fourth-order valence-electron chi connectivity index (χ4n) is 3.08. The minimum absolute atomic E-state index is 0.0872. The Kier molecular flexibility index (Phi) is 7.30. The molecule has 3 rings (SSSR count). The van der Waals surface area contributed by atoms with Crippen LogP contribution in [0.25, 0.3) is 0 Å². The monoisotopic (exact) mass is 422 g/mol. The van der Waals surface area contributed by atoms with Crippen LogP contribution < -0.4 is 10.1 Å². The molecule has 0 aliphatic heterocycles. The molecular weight excluding hydrogens is 396 g/mol. The van der Waals surface area contributed by atoms with E-state index in [4.69, 9.17) is 4.74 Å². The predicted molar refractivity (Wildman–Crippen MR) is 121 cm³/mol. The third-order valence-electron chi connectivity index (χ3n) is 4.39. The second kappa shape index (κ2) is 10.1. The van der Waals surface area contributed by atoms with Crippen molar-refractivity contribution in [2.24, 2.45) is 0 Å². The summed E-state index contributed by atoms with van der Waals surface area (Å²) < 4.78 is 7.82. The van der Waals surface area contributed by atoms with Crippen molar-refractivity contribution in [1.82, 2.24) is 14.8 Å². The topological polar surface area (TPSA) is 69.0 Å². The molecule has 30 heavy (non-hydrogen) atoms.